The van der Waals surface area contributed by atoms with Gasteiger partial charge in [0.25, 0.3) is 0 Å². The number of pyridine rings is 2. The largest absolute Gasteiger partial charge is 0.360 e. The van der Waals surface area contributed by atoms with Gasteiger partial charge in [-0.2, -0.15) is 0 Å². The number of hydrogen-bond acceptors (Lipinski definition) is 6. The summed E-state index contributed by atoms with van der Waals surface area (Å²) >= 11 is 0. The van der Waals surface area contributed by atoms with Crippen molar-refractivity contribution >= 4 is 22.4 Å². The fourth-order valence-electron chi connectivity index (χ4n) is 3.24. The van der Waals surface area contributed by atoms with Gasteiger partial charge < -0.3 is 5.32 Å². The number of fused-ring (bicyclic) bond motifs is 2. The summed E-state index contributed by atoms with van der Waals surface area (Å²) in [6.07, 6.45) is 5.45. The van der Waals surface area contributed by atoms with Gasteiger partial charge in [-0.15, -0.1) is 10.2 Å². The molecule has 0 aliphatic rings. The van der Waals surface area contributed by atoms with Crippen LogP contribution in [0.3, 0.4) is 0 Å². The zero-order valence-electron chi connectivity index (χ0n) is 15.2. The lowest BCUT2D eigenvalue weighted by atomic mass is 10.2. The number of nitrogens with one attached hydrogen (secondary N) is 1. The van der Waals surface area contributed by atoms with Crippen LogP contribution in [0.5, 0.6) is 0 Å². The Balaban J connectivity index is 1.59. The standard InChI is InChI=1S/C21H17N7/c1-14(21-27-26-18-8-4-5-13-28(18)21)23-20-16-6-2-3-7-17(16)24-19(25-20)15-9-11-22-12-10-15/h2-14H,1H3,(H,23,24,25). The topological polar surface area (TPSA) is 80.9 Å². The molecular weight excluding hydrogens is 350 g/mol. The van der Waals surface area contributed by atoms with E-state index in [0.717, 1.165) is 33.8 Å². The van der Waals surface area contributed by atoms with E-state index in [9.17, 15) is 0 Å². The SMILES string of the molecule is CC(Nc1nc(-c2ccncc2)nc2ccccc12)c1nnc2ccccn12. The summed E-state index contributed by atoms with van der Waals surface area (Å²) in [5, 5.41) is 13.1. The van der Waals surface area contributed by atoms with Crippen LogP contribution < -0.4 is 5.32 Å². The summed E-state index contributed by atoms with van der Waals surface area (Å²) in [5.74, 6) is 2.24. The van der Waals surface area contributed by atoms with Crippen LogP contribution in [0.4, 0.5) is 5.82 Å². The summed E-state index contributed by atoms with van der Waals surface area (Å²) in [5.41, 5.74) is 2.62. The van der Waals surface area contributed by atoms with E-state index in [4.69, 9.17) is 9.97 Å². The maximum absolute atomic E-state index is 4.79. The van der Waals surface area contributed by atoms with Crippen molar-refractivity contribution < 1.29 is 0 Å². The minimum Gasteiger partial charge on any atom is -0.360 e. The van der Waals surface area contributed by atoms with Crippen LogP contribution >= 0.6 is 0 Å². The van der Waals surface area contributed by atoms with Crippen LogP contribution in [-0.4, -0.2) is 29.5 Å². The third kappa shape index (κ3) is 2.83. The highest BCUT2D eigenvalue weighted by Gasteiger charge is 2.16. The van der Waals surface area contributed by atoms with Crippen LogP contribution in [0.2, 0.25) is 0 Å². The molecule has 0 aliphatic carbocycles. The maximum Gasteiger partial charge on any atom is 0.162 e. The normalized spacial score (nSPS) is 12.3. The van der Waals surface area contributed by atoms with Crippen molar-refractivity contribution in [1.82, 2.24) is 29.5 Å². The number of nitrogens with zero attached hydrogens (tertiary/aromatic N) is 6. The molecule has 0 aliphatic heterocycles. The van der Waals surface area contributed by atoms with Gasteiger partial charge in [0.05, 0.1) is 11.6 Å². The van der Waals surface area contributed by atoms with E-state index in [-0.39, 0.29) is 6.04 Å². The van der Waals surface area contributed by atoms with Gasteiger partial charge in [-0.1, -0.05) is 18.2 Å². The molecule has 4 heterocycles. The predicted octanol–water partition coefficient (Wildman–Crippen LogP) is 3.91. The fourth-order valence-corrected chi connectivity index (χ4v) is 3.24. The van der Waals surface area contributed by atoms with Crippen molar-refractivity contribution in [2.45, 2.75) is 13.0 Å². The van der Waals surface area contributed by atoms with E-state index in [2.05, 4.69) is 20.5 Å². The lowest BCUT2D eigenvalue weighted by Gasteiger charge is -2.15. The Hall–Kier alpha value is -3.87. The Morgan fingerprint density at radius 3 is 2.61 bits per heavy atom. The van der Waals surface area contributed by atoms with Crippen LogP contribution in [0.1, 0.15) is 18.8 Å². The average molecular weight is 367 g/mol. The van der Waals surface area contributed by atoms with E-state index in [0.29, 0.717) is 5.82 Å². The summed E-state index contributed by atoms with van der Waals surface area (Å²) in [7, 11) is 0. The zero-order chi connectivity index (χ0) is 18.9. The van der Waals surface area contributed by atoms with Crippen LogP contribution in [0.15, 0.2) is 73.2 Å². The molecule has 5 aromatic rings. The fraction of sp³-hybridized carbons (Fsp3) is 0.0952. The average Bonchev–Trinajstić information content (AvgIpc) is 3.18. The Morgan fingerprint density at radius 2 is 1.71 bits per heavy atom. The first-order chi connectivity index (χ1) is 13.8. The van der Waals surface area contributed by atoms with Crippen molar-refractivity contribution in [1.29, 1.82) is 0 Å². The highest BCUT2D eigenvalue weighted by atomic mass is 15.3. The zero-order valence-corrected chi connectivity index (χ0v) is 15.2. The number of hydrogen-bond donors (Lipinski definition) is 1. The second-order valence-electron chi connectivity index (χ2n) is 6.50. The van der Waals surface area contributed by atoms with E-state index in [1.54, 1.807) is 12.4 Å². The minimum atomic E-state index is -0.0963. The molecule has 1 N–H and O–H groups in total. The third-order valence-electron chi connectivity index (χ3n) is 4.62. The minimum absolute atomic E-state index is 0.0963. The number of para-hydroxylation sites is 1. The van der Waals surface area contributed by atoms with Crippen LogP contribution in [-0.2, 0) is 0 Å². The molecule has 136 valence electrons. The molecule has 0 radical (unpaired) electrons. The molecule has 0 amide bonds. The first-order valence-electron chi connectivity index (χ1n) is 9.03. The second kappa shape index (κ2) is 6.70. The van der Waals surface area contributed by atoms with E-state index in [1.807, 2.05) is 72.1 Å². The van der Waals surface area contributed by atoms with Gasteiger partial charge in [-0.3, -0.25) is 9.38 Å². The van der Waals surface area contributed by atoms with Crippen molar-refractivity contribution in [3.63, 3.8) is 0 Å². The molecule has 28 heavy (non-hydrogen) atoms. The molecule has 0 bridgehead atoms. The molecule has 1 atom stereocenters. The smallest absolute Gasteiger partial charge is 0.162 e. The molecule has 0 saturated carbocycles. The van der Waals surface area contributed by atoms with Gasteiger partial charge in [0, 0.05) is 29.5 Å². The van der Waals surface area contributed by atoms with Crippen LogP contribution in [0.25, 0.3) is 27.9 Å². The number of rotatable bonds is 4. The van der Waals surface area contributed by atoms with Crippen LogP contribution in [0, 0.1) is 0 Å². The van der Waals surface area contributed by atoms with Gasteiger partial charge in [-0.05, 0) is 43.3 Å². The number of anilines is 1. The highest BCUT2D eigenvalue weighted by Crippen LogP contribution is 2.27. The Labute approximate surface area is 161 Å². The summed E-state index contributed by atoms with van der Waals surface area (Å²) < 4.78 is 1.98. The van der Waals surface area contributed by atoms with Gasteiger partial charge in [-0.25, -0.2) is 9.97 Å². The van der Waals surface area contributed by atoms with Crippen molar-refractivity contribution in [3.05, 3.63) is 79.0 Å². The van der Waals surface area contributed by atoms with E-state index < -0.39 is 0 Å². The Morgan fingerprint density at radius 1 is 0.893 bits per heavy atom. The molecule has 0 fully saturated rings. The monoisotopic (exact) mass is 367 g/mol. The first kappa shape index (κ1) is 16.3. The van der Waals surface area contributed by atoms with Gasteiger partial charge in [0.15, 0.2) is 17.3 Å². The Bertz CT molecular complexity index is 1260. The maximum atomic E-state index is 4.79. The van der Waals surface area contributed by atoms with Gasteiger partial charge in [0.2, 0.25) is 0 Å². The lowest BCUT2D eigenvalue weighted by Crippen LogP contribution is -2.12. The summed E-state index contributed by atoms with van der Waals surface area (Å²) in [6.45, 7) is 2.05. The van der Waals surface area contributed by atoms with Crippen molar-refractivity contribution in [2.75, 3.05) is 5.32 Å². The lowest BCUT2D eigenvalue weighted by molar-refractivity contribution is 0.769. The van der Waals surface area contributed by atoms with Crippen molar-refractivity contribution in [2.24, 2.45) is 0 Å². The van der Waals surface area contributed by atoms with Crippen molar-refractivity contribution in [3.8, 4) is 11.4 Å². The third-order valence-corrected chi connectivity index (χ3v) is 4.62. The van der Waals surface area contributed by atoms with Gasteiger partial charge >= 0.3 is 0 Å². The molecule has 7 nitrogen and oxygen atoms in total. The number of benzene rings is 1. The second-order valence-corrected chi connectivity index (χ2v) is 6.50. The quantitative estimate of drug-likeness (QED) is 0.519. The predicted molar refractivity (Wildman–Crippen MR) is 108 cm³/mol. The molecule has 7 heteroatoms. The highest BCUT2D eigenvalue weighted by molar-refractivity contribution is 5.90. The summed E-state index contributed by atoms with van der Waals surface area (Å²) in [4.78, 5) is 13.6. The molecule has 0 spiro atoms. The molecule has 5 rings (SSSR count). The summed E-state index contributed by atoms with van der Waals surface area (Å²) in [6, 6.07) is 17.5. The van der Waals surface area contributed by atoms with E-state index in [1.165, 1.54) is 0 Å². The number of aromatic nitrogens is 6. The first-order valence-corrected chi connectivity index (χ1v) is 9.03. The van der Waals surface area contributed by atoms with Gasteiger partial charge in [0.1, 0.15) is 5.82 Å². The van der Waals surface area contributed by atoms with E-state index >= 15 is 0 Å². The Kier molecular flexibility index (Phi) is 3.90. The molecule has 1 unspecified atom stereocenters. The molecule has 0 saturated heterocycles. The molecule has 4 aromatic heterocycles. The molecular formula is C21H17N7. The molecule has 1 aromatic carbocycles.